The highest BCUT2D eigenvalue weighted by Crippen LogP contribution is 2.28. The van der Waals surface area contributed by atoms with Crippen molar-refractivity contribution in [3.63, 3.8) is 0 Å². The number of nitrogens with zero attached hydrogens (tertiary/aromatic N) is 2. The summed E-state index contributed by atoms with van der Waals surface area (Å²) >= 11 is 0. The van der Waals surface area contributed by atoms with E-state index in [4.69, 9.17) is 15.6 Å². The second-order valence-electron chi connectivity index (χ2n) is 4.86. The Hall–Kier alpha value is -2.27. The van der Waals surface area contributed by atoms with Gasteiger partial charge >= 0.3 is 11.7 Å². The third kappa shape index (κ3) is 3.40. The number of hydrogen-bond acceptors (Lipinski definition) is 9. The number of nitrogen functional groups attached to an aromatic ring is 1. The summed E-state index contributed by atoms with van der Waals surface area (Å²) in [6.45, 7) is -0.527. The van der Waals surface area contributed by atoms with Gasteiger partial charge in [-0.15, -0.1) is 0 Å². The summed E-state index contributed by atoms with van der Waals surface area (Å²) < 4.78 is 10.6. The highest BCUT2D eigenvalue weighted by Gasteiger charge is 2.43. The SMILES string of the molecule is COC(=O)/C=C/c1cn([C@@H]2O[C@H](CO)C(O)[C@@H]2O)c(=O)nc1N. The molecule has 10 nitrogen and oxygen atoms in total. The minimum absolute atomic E-state index is 0.127. The maximum atomic E-state index is 11.9. The van der Waals surface area contributed by atoms with E-state index in [1.165, 1.54) is 19.4 Å². The van der Waals surface area contributed by atoms with Crippen LogP contribution in [0.2, 0.25) is 0 Å². The number of aliphatic hydroxyl groups is 3. The number of rotatable bonds is 4. The Morgan fingerprint density at radius 1 is 1.52 bits per heavy atom. The van der Waals surface area contributed by atoms with Gasteiger partial charge in [-0.25, -0.2) is 9.59 Å². The molecule has 0 aliphatic carbocycles. The summed E-state index contributed by atoms with van der Waals surface area (Å²) in [4.78, 5) is 26.6. The molecule has 0 saturated carbocycles. The van der Waals surface area contributed by atoms with Crippen molar-refractivity contribution in [3.8, 4) is 0 Å². The van der Waals surface area contributed by atoms with Gasteiger partial charge in [0.05, 0.1) is 13.7 Å². The van der Waals surface area contributed by atoms with Gasteiger partial charge in [0, 0.05) is 17.8 Å². The molecule has 0 amide bonds. The molecule has 4 atom stereocenters. The first-order valence-electron chi connectivity index (χ1n) is 6.66. The first-order valence-corrected chi connectivity index (χ1v) is 6.66. The van der Waals surface area contributed by atoms with Crippen LogP contribution < -0.4 is 11.4 Å². The highest BCUT2D eigenvalue weighted by molar-refractivity contribution is 5.87. The summed E-state index contributed by atoms with van der Waals surface area (Å²) in [6, 6.07) is 0. The van der Waals surface area contributed by atoms with E-state index in [0.717, 1.165) is 10.6 Å². The first kappa shape index (κ1) is 17.1. The molecule has 0 aromatic carbocycles. The lowest BCUT2D eigenvalue weighted by Gasteiger charge is -2.18. The van der Waals surface area contributed by atoms with E-state index in [9.17, 15) is 19.8 Å². The fourth-order valence-electron chi connectivity index (χ4n) is 2.14. The van der Waals surface area contributed by atoms with Crippen molar-refractivity contribution in [2.24, 2.45) is 0 Å². The van der Waals surface area contributed by atoms with Crippen molar-refractivity contribution in [1.29, 1.82) is 0 Å². The van der Waals surface area contributed by atoms with Gasteiger partial charge in [0.2, 0.25) is 0 Å². The average Bonchev–Trinajstić information content (AvgIpc) is 2.81. The number of aromatic nitrogens is 2. The summed E-state index contributed by atoms with van der Waals surface area (Å²) in [5.74, 6) is -0.756. The van der Waals surface area contributed by atoms with Crippen LogP contribution in [0.25, 0.3) is 6.08 Å². The van der Waals surface area contributed by atoms with Crippen LogP contribution >= 0.6 is 0 Å². The number of carbonyl (C=O) groups is 1. The monoisotopic (exact) mass is 327 g/mol. The molecule has 2 heterocycles. The number of esters is 1. The molecule has 0 bridgehead atoms. The minimum Gasteiger partial charge on any atom is -0.466 e. The largest absolute Gasteiger partial charge is 0.466 e. The van der Waals surface area contributed by atoms with Crippen LogP contribution in [0.5, 0.6) is 0 Å². The zero-order valence-corrected chi connectivity index (χ0v) is 12.2. The maximum absolute atomic E-state index is 11.9. The Bertz CT molecular complexity index is 672. The molecule has 23 heavy (non-hydrogen) atoms. The summed E-state index contributed by atoms with van der Waals surface area (Å²) in [6.07, 6.45) is -1.48. The standard InChI is InChI=1S/C13H17N3O7/c1-22-8(18)3-2-6-4-16(13(21)15-11(6)14)12-10(20)9(19)7(5-17)23-12/h2-4,7,9-10,12,17,19-20H,5H2,1H3,(H2,14,15,21)/b3-2+/t7-,9?,10+,12-/m1/s1. The van der Waals surface area contributed by atoms with E-state index in [1.807, 2.05) is 0 Å². The van der Waals surface area contributed by atoms with Crippen LogP contribution in [0.1, 0.15) is 11.8 Å². The predicted octanol–water partition coefficient (Wildman–Crippen LogP) is -2.38. The van der Waals surface area contributed by atoms with Gasteiger partial charge in [-0.1, -0.05) is 0 Å². The molecule has 10 heteroatoms. The predicted molar refractivity (Wildman–Crippen MR) is 77.0 cm³/mol. The zero-order chi connectivity index (χ0) is 17.1. The molecule has 0 spiro atoms. The second kappa shape index (κ2) is 6.87. The van der Waals surface area contributed by atoms with Crippen molar-refractivity contribution >= 4 is 17.9 Å². The number of anilines is 1. The topological polar surface area (TPSA) is 157 Å². The van der Waals surface area contributed by atoms with Crippen molar-refractivity contribution in [2.75, 3.05) is 19.5 Å². The van der Waals surface area contributed by atoms with Crippen molar-refractivity contribution in [1.82, 2.24) is 9.55 Å². The molecule has 1 aromatic rings. The van der Waals surface area contributed by atoms with E-state index in [1.54, 1.807) is 0 Å². The van der Waals surface area contributed by atoms with Crippen LogP contribution in [-0.2, 0) is 14.3 Å². The zero-order valence-electron chi connectivity index (χ0n) is 12.2. The van der Waals surface area contributed by atoms with Crippen LogP contribution in [0.3, 0.4) is 0 Å². The number of aliphatic hydroxyl groups excluding tert-OH is 3. The molecule has 1 aliphatic rings. The molecule has 1 unspecified atom stereocenters. The van der Waals surface area contributed by atoms with Gasteiger partial charge in [0.15, 0.2) is 6.23 Å². The maximum Gasteiger partial charge on any atom is 0.351 e. The summed E-state index contributed by atoms with van der Waals surface area (Å²) in [7, 11) is 1.20. The van der Waals surface area contributed by atoms with Crippen LogP contribution in [-0.4, -0.2) is 62.9 Å². The lowest BCUT2D eigenvalue weighted by Crippen LogP contribution is -2.36. The molecule has 126 valence electrons. The summed E-state index contributed by atoms with van der Waals surface area (Å²) in [5, 5.41) is 28.8. The number of hydrogen-bond donors (Lipinski definition) is 4. The van der Waals surface area contributed by atoms with Gasteiger partial charge in [0.25, 0.3) is 0 Å². The van der Waals surface area contributed by atoms with Crippen molar-refractivity contribution < 1.29 is 29.6 Å². The summed E-state index contributed by atoms with van der Waals surface area (Å²) in [5.41, 5.74) is 5.01. The van der Waals surface area contributed by atoms with E-state index in [2.05, 4.69) is 9.72 Å². The van der Waals surface area contributed by atoms with Crippen molar-refractivity contribution in [2.45, 2.75) is 24.5 Å². The van der Waals surface area contributed by atoms with Gasteiger partial charge < -0.3 is 30.5 Å². The Balaban J connectivity index is 2.38. The molecule has 1 saturated heterocycles. The molecule has 1 fully saturated rings. The lowest BCUT2D eigenvalue weighted by molar-refractivity contribution is -0.134. The smallest absolute Gasteiger partial charge is 0.351 e. The van der Waals surface area contributed by atoms with E-state index < -0.39 is 42.8 Å². The third-order valence-corrected chi connectivity index (χ3v) is 3.40. The van der Waals surface area contributed by atoms with E-state index in [0.29, 0.717) is 0 Å². The number of ether oxygens (including phenoxy) is 2. The van der Waals surface area contributed by atoms with E-state index >= 15 is 0 Å². The number of carbonyl (C=O) groups excluding carboxylic acids is 1. The quantitative estimate of drug-likeness (QED) is 0.350. The fraction of sp³-hybridized carbons (Fsp3) is 0.462. The van der Waals surface area contributed by atoms with Crippen LogP contribution in [0, 0.1) is 0 Å². The lowest BCUT2D eigenvalue weighted by atomic mass is 10.1. The molecular weight excluding hydrogens is 310 g/mol. The fourth-order valence-corrected chi connectivity index (χ4v) is 2.14. The Morgan fingerprint density at radius 2 is 2.22 bits per heavy atom. The Labute approximate surface area is 130 Å². The van der Waals surface area contributed by atoms with Gasteiger partial charge in [-0.05, 0) is 6.08 Å². The van der Waals surface area contributed by atoms with Gasteiger partial charge in [0.1, 0.15) is 24.1 Å². The molecular formula is C13H17N3O7. The number of methoxy groups -OCH3 is 1. The third-order valence-electron chi connectivity index (χ3n) is 3.40. The van der Waals surface area contributed by atoms with Crippen LogP contribution in [0.4, 0.5) is 5.82 Å². The molecule has 5 N–H and O–H groups in total. The van der Waals surface area contributed by atoms with Gasteiger partial charge in [-0.3, -0.25) is 4.57 Å². The number of nitrogens with two attached hydrogens (primary N) is 1. The molecule has 1 aliphatic heterocycles. The molecule has 2 rings (SSSR count). The Kier molecular flexibility index (Phi) is 5.11. The van der Waals surface area contributed by atoms with E-state index in [-0.39, 0.29) is 11.4 Å². The molecule has 0 radical (unpaired) electrons. The van der Waals surface area contributed by atoms with Gasteiger partial charge in [-0.2, -0.15) is 4.98 Å². The molecule has 1 aromatic heterocycles. The highest BCUT2D eigenvalue weighted by atomic mass is 16.6. The van der Waals surface area contributed by atoms with Crippen LogP contribution in [0.15, 0.2) is 17.1 Å². The van der Waals surface area contributed by atoms with Crippen molar-refractivity contribution in [3.05, 3.63) is 28.3 Å². The first-order chi connectivity index (χ1) is 10.9. The second-order valence-corrected chi connectivity index (χ2v) is 4.86. The Morgan fingerprint density at radius 3 is 2.78 bits per heavy atom. The minimum atomic E-state index is -1.44. The normalized spacial score (nSPS) is 27.5. The average molecular weight is 327 g/mol.